The van der Waals surface area contributed by atoms with Crippen molar-refractivity contribution >= 4 is 15.9 Å². The van der Waals surface area contributed by atoms with Gasteiger partial charge in [0.1, 0.15) is 0 Å². The summed E-state index contributed by atoms with van der Waals surface area (Å²) in [6.07, 6.45) is 7.88. The Kier molecular flexibility index (Phi) is 4.21. The van der Waals surface area contributed by atoms with E-state index in [4.69, 9.17) is 0 Å². The smallest absolute Gasteiger partial charge is 0.0328 e. The fourth-order valence-electron chi connectivity index (χ4n) is 3.95. The van der Waals surface area contributed by atoms with Crippen molar-refractivity contribution in [3.63, 3.8) is 0 Å². The van der Waals surface area contributed by atoms with Gasteiger partial charge in [-0.05, 0) is 57.0 Å². The minimum atomic E-state index is 0.384. The number of hydrogen-bond acceptors (Lipinski definition) is 2. The van der Waals surface area contributed by atoms with Crippen LogP contribution in [0.4, 0.5) is 0 Å². The molecule has 2 aliphatic rings. The molecule has 0 bridgehead atoms. The number of benzene rings is 1. The van der Waals surface area contributed by atoms with Crippen molar-refractivity contribution in [2.45, 2.75) is 50.1 Å². The van der Waals surface area contributed by atoms with E-state index in [1.54, 1.807) is 0 Å². The van der Waals surface area contributed by atoms with Gasteiger partial charge in [-0.2, -0.15) is 0 Å². The van der Waals surface area contributed by atoms with Crippen molar-refractivity contribution in [3.8, 4) is 0 Å². The molecule has 0 aromatic heterocycles. The van der Waals surface area contributed by atoms with Crippen LogP contribution in [0.3, 0.4) is 0 Å². The van der Waals surface area contributed by atoms with E-state index in [1.165, 1.54) is 54.1 Å². The van der Waals surface area contributed by atoms with Crippen LogP contribution in [0.25, 0.3) is 0 Å². The quantitative estimate of drug-likeness (QED) is 0.896. The van der Waals surface area contributed by atoms with Crippen molar-refractivity contribution < 1.29 is 0 Å². The van der Waals surface area contributed by atoms with Crippen molar-refractivity contribution in [1.29, 1.82) is 0 Å². The summed E-state index contributed by atoms with van der Waals surface area (Å²) in [4.78, 5) is 2.45. The lowest BCUT2D eigenvalue weighted by atomic mass is 9.95. The van der Waals surface area contributed by atoms with E-state index < -0.39 is 0 Å². The third-order valence-electron chi connectivity index (χ3n) is 5.37. The molecule has 3 heteroatoms. The van der Waals surface area contributed by atoms with Crippen LogP contribution in [0.2, 0.25) is 0 Å². The third-order valence-corrected chi connectivity index (χ3v) is 6.12. The van der Waals surface area contributed by atoms with Gasteiger partial charge in [0.05, 0.1) is 0 Å². The van der Waals surface area contributed by atoms with Gasteiger partial charge in [-0.25, -0.2) is 0 Å². The first-order valence-electron chi connectivity index (χ1n) is 7.80. The summed E-state index contributed by atoms with van der Waals surface area (Å²) in [6, 6.07) is 7.17. The number of halogens is 1. The molecule has 3 rings (SSSR count). The predicted molar refractivity (Wildman–Crippen MR) is 88.1 cm³/mol. The Morgan fingerprint density at radius 2 is 2.05 bits per heavy atom. The van der Waals surface area contributed by atoms with Gasteiger partial charge in [-0.1, -0.05) is 40.9 Å². The zero-order valence-electron chi connectivity index (χ0n) is 12.6. The van der Waals surface area contributed by atoms with Crippen molar-refractivity contribution in [2.24, 2.45) is 0 Å². The molecule has 0 spiro atoms. The Bertz CT molecular complexity index is 478. The number of nitrogens with one attached hydrogen (secondary N) is 1. The van der Waals surface area contributed by atoms with E-state index in [9.17, 15) is 0 Å². The van der Waals surface area contributed by atoms with Crippen LogP contribution < -0.4 is 5.32 Å². The Morgan fingerprint density at radius 1 is 1.30 bits per heavy atom. The highest BCUT2D eigenvalue weighted by molar-refractivity contribution is 9.10. The largest absolute Gasteiger partial charge is 0.308 e. The summed E-state index contributed by atoms with van der Waals surface area (Å²) >= 11 is 3.69. The highest BCUT2D eigenvalue weighted by atomic mass is 79.9. The normalized spacial score (nSPS) is 24.3. The van der Waals surface area contributed by atoms with Gasteiger partial charge in [0.25, 0.3) is 0 Å². The summed E-state index contributed by atoms with van der Waals surface area (Å²) in [6.45, 7) is 1.12. The number of likely N-dealkylation sites (N-methyl/N-ethyl adjacent to an activating group) is 1. The summed E-state index contributed by atoms with van der Waals surface area (Å²) < 4.78 is 1.28. The summed E-state index contributed by atoms with van der Waals surface area (Å²) in [7, 11) is 4.48. The molecule has 2 nitrogen and oxygen atoms in total. The SMILES string of the molecule is CN(C)C1(CNC2CCc3c(Br)cccc32)CCCC1. The molecule has 0 saturated heterocycles. The number of rotatable bonds is 4. The first-order chi connectivity index (χ1) is 9.62. The number of fused-ring (bicyclic) bond motifs is 1. The van der Waals surface area contributed by atoms with Crippen LogP contribution in [0.5, 0.6) is 0 Å². The van der Waals surface area contributed by atoms with Gasteiger partial charge in [0, 0.05) is 22.6 Å². The first kappa shape index (κ1) is 14.6. The van der Waals surface area contributed by atoms with E-state index in [0.29, 0.717) is 11.6 Å². The summed E-state index contributed by atoms with van der Waals surface area (Å²) in [5.41, 5.74) is 3.40. The maximum atomic E-state index is 3.87. The van der Waals surface area contributed by atoms with E-state index in [1.807, 2.05) is 0 Å². The van der Waals surface area contributed by atoms with E-state index in [2.05, 4.69) is 58.4 Å². The Labute approximate surface area is 131 Å². The average molecular weight is 337 g/mol. The molecule has 1 aromatic carbocycles. The minimum absolute atomic E-state index is 0.384. The molecule has 110 valence electrons. The fourth-order valence-corrected chi connectivity index (χ4v) is 4.53. The first-order valence-corrected chi connectivity index (χ1v) is 8.60. The second-order valence-electron chi connectivity index (χ2n) is 6.61. The van der Waals surface area contributed by atoms with E-state index in [-0.39, 0.29) is 0 Å². The van der Waals surface area contributed by atoms with Crippen molar-refractivity contribution in [1.82, 2.24) is 10.2 Å². The average Bonchev–Trinajstić information content (AvgIpc) is 3.04. The molecule has 0 amide bonds. The van der Waals surface area contributed by atoms with Crippen LogP contribution in [0, 0.1) is 0 Å². The molecule has 1 saturated carbocycles. The zero-order valence-corrected chi connectivity index (χ0v) is 14.2. The lowest BCUT2D eigenvalue weighted by Gasteiger charge is -2.37. The monoisotopic (exact) mass is 336 g/mol. The van der Waals surface area contributed by atoms with Gasteiger partial charge < -0.3 is 10.2 Å². The molecular formula is C17H25BrN2. The molecule has 20 heavy (non-hydrogen) atoms. The van der Waals surface area contributed by atoms with Crippen LogP contribution in [-0.4, -0.2) is 31.1 Å². The van der Waals surface area contributed by atoms with Gasteiger partial charge in [-0.3, -0.25) is 0 Å². The molecule has 1 atom stereocenters. The Balaban J connectivity index is 1.70. The molecule has 1 aromatic rings. The van der Waals surface area contributed by atoms with Crippen LogP contribution >= 0.6 is 15.9 Å². The molecule has 0 aliphatic heterocycles. The molecule has 1 unspecified atom stereocenters. The maximum Gasteiger partial charge on any atom is 0.0328 e. The third kappa shape index (κ3) is 2.56. The zero-order chi connectivity index (χ0) is 14.2. The molecule has 1 fully saturated rings. The second kappa shape index (κ2) is 5.78. The van der Waals surface area contributed by atoms with Crippen molar-refractivity contribution in [2.75, 3.05) is 20.6 Å². The highest BCUT2D eigenvalue weighted by Gasteiger charge is 2.36. The fraction of sp³-hybridized carbons (Fsp3) is 0.647. The van der Waals surface area contributed by atoms with Crippen LogP contribution in [0.1, 0.15) is 49.3 Å². The summed E-state index contributed by atoms with van der Waals surface area (Å²) in [5.74, 6) is 0. The lowest BCUT2D eigenvalue weighted by Crippen LogP contribution is -2.50. The minimum Gasteiger partial charge on any atom is -0.308 e. The van der Waals surface area contributed by atoms with Gasteiger partial charge in [-0.15, -0.1) is 0 Å². The number of hydrogen-bond donors (Lipinski definition) is 1. The molecule has 2 aliphatic carbocycles. The van der Waals surface area contributed by atoms with Crippen LogP contribution in [-0.2, 0) is 6.42 Å². The molecule has 0 radical (unpaired) electrons. The maximum absolute atomic E-state index is 3.87. The Morgan fingerprint density at radius 3 is 2.75 bits per heavy atom. The predicted octanol–water partition coefficient (Wildman–Crippen LogP) is 3.90. The molecular weight excluding hydrogens is 312 g/mol. The second-order valence-corrected chi connectivity index (χ2v) is 7.46. The standard InChI is InChI=1S/C17H25BrN2/c1-20(2)17(10-3-4-11-17)12-19-16-9-8-13-14(16)6-5-7-15(13)18/h5-7,16,19H,3-4,8-12H2,1-2H3. The van der Waals surface area contributed by atoms with E-state index >= 15 is 0 Å². The van der Waals surface area contributed by atoms with Crippen LogP contribution in [0.15, 0.2) is 22.7 Å². The summed E-state index contributed by atoms with van der Waals surface area (Å²) in [5, 5.41) is 3.87. The van der Waals surface area contributed by atoms with Gasteiger partial charge >= 0.3 is 0 Å². The van der Waals surface area contributed by atoms with Crippen molar-refractivity contribution in [3.05, 3.63) is 33.8 Å². The lowest BCUT2D eigenvalue weighted by molar-refractivity contribution is 0.149. The topological polar surface area (TPSA) is 15.3 Å². The number of nitrogens with zero attached hydrogens (tertiary/aromatic N) is 1. The molecule has 0 heterocycles. The molecule has 1 N–H and O–H groups in total. The van der Waals surface area contributed by atoms with E-state index in [0.717, 1.165) is 6.54 Å². The van der Waals surface area contributed by atoms with Gasteiger partial charge in [0.2, 0.25) is 0 Å². The highest BCUT2D eigenvalue weighted by Crippen LogP contribution is 2.38. The van der Waals surface area contributed by atoms with Gasteiger partial charge in [0.15, 0.2) is 0 Å². The Hall–Kier alpha value is -0.380.